The van der Waals surface area contributed by atoms with Gasteiger partial charge in [0.1, 0.15) is 36.2 Å². The van der Waals surface area contributed by atoms with E-state index in [0.29, 0.717) is 0 Å². The molecule has 2 aromatic rings. The van der Waals surface area contributed by atoms with Crippen molar-refractivity contribution in [3.05, 3.63) is 12.7 Å². The topological polar surface area (TPSA) is 458 Å². The lowest BCUT2D eigenvalue weighted by molar-refractivity contribution is -0.139. The standard InChI is InChI=1S/C10H16N5O13P3.C5H9NO4.H3O4P/c11-8-5-9(13-2-12-8)15(3-14-5)10-7(17)6(16)4(26-10)1-25-30(21,22)28-31(23,24)27-29(18,19)20;6-3(5(9)10)1-2-4(7)8;1-5(2,3)4/h2-4,6-7,10,16-17H,1H2,(H,21,22)(H,23,24)(H2,11,12,13)(H2,18,19,20);3H,1-2,6H2,(H,7,8)(H,9,10);(H3,1,2,3,4)/t4-,6-,7-,10-;3-;/m10./s1. The van der Waals surface area contributed by atoms with E-state index in [1.165, 1.54) is 10.9 Å². The van der Waals surface area contributed by atoms with E-state index in [-0.39, 0.29) is 29.8 Å². The molecule has 3 rings (SSSR count). The van der Waals surface area contributed by atoms with Crippen molar-refractivity contribution in [2.45, 2.75) is 43.4 Å². The lowest BCUT2D eigenvalue weighted by Crippen LogP contribution is -2.33. The van der Waals surface area contributed by atoms with Gasteiger partial charge in [-0.25, -0.2) is 33.2 Å². The number of ether oxygens (including phenoxy) is 1. The molecule has 1 aliphatic rings. The number of nitrogens with zero attached hydrogens (tertiary/aromatic N) is 4. The quantitative estimate of drug-likeness (QED) is 0.0944. The van der Waals surface area contributed by atoms with Gasteiger partial charge in [0.15, 0.2) is 17.7 Å². The zero-order chi connectivity index (χ0) is 35.8. The molecule has 0 aliphatic carbocycles. The van der Waals surface area contributed by atoms with E-state index < -0.39 is 80.4 Å². The lowest BCUT2D eigenvalue weighted by atomic mass is 10.1. The number of carboxylic acids is 2. The number of phosphoric acid groups is 4. The summed E-state index contributed by atoms with van der Waals surface area (Å²) in [7, 11) is -21.3. The van der Waals surface area contributed by atoms with Crippen LogP contribution in [0.2, 0.25) is 0 Å². The van der Waals surface area contributed by atoms with E-state index in [1.807, 2.05) is 0 Å². The average molecular weight is 752 g/mol. The third-order valence-electron chi connectivity index (χ3n) is 4.80. The number of anilines is 1. The van der Waals surface area contributed by atoms with E-state index in [0.717, 1.165) is 6.33 Å². The average Bonchev–Trinajstić information content (AvgIpc) is 3.40. The molecule has 0 aromatic carbocycles. The Morgan fingerprint density at radius 2 is 1.50 bits per heavy atom. The van der Waals surface area contributed by atoms with Crippen LogP contribution in [0.4, 0.5) is 5.82 Å². The first-order chi connectivity index (χ1) is 20.7. The summed E-state index contributed by atoms with van der Waals surface area (Å²) in [6.45, 7) is -0.956. The van der Waals surface area contributed by atoms with Gasteiger partial charge in [0.25, 0.3) is 0 Å². The van der Waals surface area contributed by atoms with Gasteiger partial charge in [-0.05, 0) is 6.42 Å². The first-order valence-electron chi connectivity index (χ1n) is 11.4. The minimum Gasteiger partial charge on any atom is -0.481 e. The highest BCUT2D eigenvalue weighted by molar-refractivity contribution is 7.66. The number of phosphoric ester groups is 1. The first kappa shape index (κ1) is 41.7. The van der Waals surface area contributed by atoms with Gasteiger partial charge in [0, 0.05) is 6.42 Å². The van der Waals surface area contributed by atoms with Gasteiger partial charge in [-0.15, -0.1) is 0 Å². The Labute approximate surface area is 254 Å². The zero-order valence-corrected chi connectivity index (χ0v) is 26.0. The van der Waals surface area contributed by atoms with E-state index in [4.69, 9.17) is 60.3 Å². The van der Waals surface area contributed by atoms with Crippen LogP contribution < -0.4 is 11.5 Å². The molecule has 0 amide bonds. The van der Waals surface area contributed by atoms with E-state index in [9.17, 15) is 38.4 Å². The molecule has 7 atom stereocenters. The van der Waals surface area contributed by atoms with Crippen LogP contribution in [0.3, 0.4) is 0 Å². The van der Waals surface area contributed by atoms with Crippen LogP contribution in [0.15, 0.2) is 12.7 Å². The maximum absolute atomic E-state index is 11.8. The Kier molecular flexibility index (Phi) is 15.1. The maximum atomic E-state index is 11.8. The van der Waals surface area contributed by atoms with Crippen molar-refractivity contribution >= 4 is 60.2 Å². The summed E-state index contributed by atoms with van der Waals surface area (Å²) < 4.78 is 60.8. The number of imidazole rings is 1. The van der Waals surface area contributed by atoms with Crippen LogP contribution in [0.5, 0.6) is 0 Å². The Bertz CT molecular complexity index is 1540. The summed E-state index contributed by atoms with van der Waals surface area (Å²) in [6, 6.07) is -1.06. The molecular formula is C15H28N6O21P4. The number of carboxylic acid groups (broad SMARTS) is 2. The molecule has 264 valence electrons. The third-order valence-corrected chi connectivity index (χ3v) is 8.61. The molecule has 2 aromatic heterocycles. The highest BCUT2D eigenvalue weighted by Gasteiger charge is 2.47. The zero-order valence-electron chi connectivity index (χ0n) is 22.4. The van der Waals surface area contributed by atoms with Crippen molar-refractivity contribution in [3.8, 4) is 0 Å². The highest BCUT2D eigenvalue weighted by atomic mass is 31.3. The number of aromatic nitrogens is 4. The number of aliphatic hydroxyl groups is 2. The molecule has 2 unspecified atom stereocenters. The van der Waals surface area contributed by atoms with Crippen LogP contribution in [0, 0.1) is 0 Å². The van der Waals surface area contributed by atoms with Crippen LogP contribution in [-0.2, 0) is 45.7 Å². The number of fused-ring (bicyclic) bond motifs is 1. The smallest absolute Gasteiger partial charge is 0.481 e. The van der Waals surface area contributed by atoms with E-state index >= 15 is 0 Å². The molecule has 1 saturated heterocycles. The second kappa shape index (κ2) is 16.7. The number of nitrogens with two attached hydrogens (primary N) is 2. The van der Waals surface area contributed by atoms with E-state index in [2.05, 4.69) is 28.1 Å². The van der Waals surface area contributed by atoms with Crippen molar-refractivity contribution in [2.24, 2.45) is 5.73 Å². The molecule has 0 spiro atoms. The van der Waals surface area contributed by atoms with Crippen LogP contribution in [0.1, 0.15) is 19.1 Å². The summed E-state index contributed by atoms with van der Waals surface area (Å²) in [6.07, 6.45) is -3.91. The molecule has 1 aliphatic heterocycles. The predicted molar refractivity (Wildman–Crippen MR) is 142 cm³/mol. The van der Waals surface area contributed by atoms with Crippen molar-refractivity contribution in [2.75, 3.05) is 12.3 Å². The molecule has 31 heteroatoms. The Balaban J connectivity index is 0.000000586. The lowest BCUT2D eigenvalue weighted by Gasteiger charge is -2.19. The van der Waals surface area contributed by atoms with Gasteiger partial charge in [-0.3, -0.25) is 18.7 Å². The third kappa shape index (κ3) is 15.0. The highest BCUT2D eigenvalue weighted by Crippen LogP contribution is 2.66. The van der Waals surface area contributed by atoms with Gasteiger partial charge < -0.3 is 70.9 Å². The molecule has 27 nitrogen and oxygen atoms in total. The normalized spacial score (nSPS) is 23.2. The number of rotatable bonds is 12. The number of carbonyl (C=O) groups is 2. The molecule has 0 bridgehead atoms. The van der Waals surface area contributed by atoms with Gasteiger partial charge in [-0.1, -0.05) is 0 Å². The van der Waals surface area contributed by atoms with Crippen molar-refractivity contribution in [1.29, 1.82) is 0 Å². The molecule has 1 fully saturated rings. The van der Waals surface area contributed by atoms with Crippen LogP contribution in [0.25, 0.3) is 11.2 Å². The molecule has 0 saturated carbocycles. The van der Waals surface area contributed by atoms with Crippen molar-refractivity contribution in [1.82, 2.24) is 19.5 Å². The van der Waals surface area contributed by atoms with Gasteiger partial charge in [0.2, 0.25) is 0 Å². The van der Waals surface area contributed by atoms with E-state index in [1.54, 1.807) is 0 Å². The SMILES string of the molecule is N[C@@H](CCC(=O)O)C(=O)O.Nc1ncnc2c1ncn2[C@@H]1O[C@H](COP(=O)(O)OP(=O)(O)OP(=O)(O)O)[C@@H](O)[C@H]1O.O=P(O)(O)O. The summed E-state index contributed by atoms with van der Waals surface area (Å²) in [5.41, 5.74) is 11.0. The van der Waals surface area contributed by atoms with Gasteiger partial charge in [-0.2, -0.15) is 8.62 Å². The Morgan fingerprint density at radius 3 is 2.00 bits per heavy atom. The summed E-state index contributed by atoms with van der Waals surface area (Å²) in [5.74, 6) is -2.15. The fraction of sp³-hybridized carbons (Fsp3) is 0.533. The fourth-order valence-corrected chi connectivity index (χ4v) is 6.06. The molecular weight excluding hydrogens is 724 g/mol. The van der Waals surface area contributed by atoms with Crippen LogP contribution in [-0.4, -0.2) is 117 Å². The molecule has 46 heavy (non-hydrogen) atoms. The second-order valence-electron chi connectivity index (χ2n) is 8.41. The van der Waals surface area contributed by atoms with Gasteiger partial charge >= 0.3 is 43.2 Å². The number of hydrogen-bond acceptors (Lipinski definition) is 17. The minimum absolute atomic E-state index is 0.0231. The predicted octanol–water partition coefficient (Wildman–Crippen LogP) is -3.29. The monoisotopic (exact) mass is 752 g/mol. The van der Waals surface area contributed by atoms with Crippen molar-refractivity contribution < 1.29 is 100 Å². The van der Waals surface area contributed by atoms with Gasteiger partial charge in [0.05, 0.1) is 12.9 Å². The molecule has 0 radical (unpaired) electrons. The van der Waals surface area contributed by atoms with Crippen molar-refractivity contribution in [3.63, 3.8) is 0 Å². The first-order valence-corrected chi connectivity index (χ1v) is 17.5. The number of hydrogen-bond donors (Lipinski definition) is 13. The Morgan fingerprint density at radius 1 is 0.935 bits per heavy atom. The maximum Gasteiger partial charge on any atom is 0.490 e. The minimum atomic E-state index is -5.70. The fourth-order valence-electron chi connectivity index (χ4n) is 3.03. The van der Waals surface area contributed by atoms with Crippen LogP contribution >= 0.6 is 31.3 Å². The molecule has 15 N–H and O–H groups in total. The summed E-state index contributed by atoms with van der Waals surface area (Å²) in [4.78, 5) is 88.7. The molecule has 3 heterocycles. The number of nitrogen functional groups attached to an aromatic ring is 1. The second-order valence-corrected chi connectivity index (χ2v) is 13.9. The largest absolute Gasteiger partial charge is 0.490 e. The number of aliphatic carboxylic acids is 2. The summed E-state index contributed by atoms with van der Waals surface area (Å²) in [5, 5.41) is 36.7. The number of aliphatic hydroxyl groups excluding tert-OH is 2. The summed E-state index contributed by atoms with van der Waals surface area (Å²) >= 11 is 0. The Hall–Kier alpha value is -2.35.